The summed E-state index contributed by atoms with van der Waals surface area (Å²) in [6.07, 6.45) is 6.59. The molecular weight excluding hydrogens is 420 g/mol. The minimum Gasteiger partial charge on any atom is -0.388 e. The normalized spacial score (nSPS) is 18.4. The van der Waals surface area contributed by atoms with Gasteiger partial charge in [0.05, 0.1) is 41.9 Å². The summed E-state index contributed by atoms with van der Waals surface area (Å²) < 4.78 is 5.71. The van der Waals surface area contributed by atoms with Gasteiger partial charge in [-0.1, -0.05) is 0 Å². The molecule has 1 atom stereocenters. The summed E-state index contributed by atoms with van der Waals surface area (Å²) in [5.74, 6) is 0.459. The van der Waals surface area contributed by atoms with Crippen molar-refractivity contribution in [2.45, 2.75) is 32.1 Å². The Morgan fingerprint density at radius 3 is 2.67 bits per heavy atom. The number of nitrogens with one attached hydrogen (secondary N) is 1. The third-order valence-electron chi connectivity index (χ3n) is 6.02. The molecule has 0 bridgehead atoms. The van der Waals surface area contributed by atoms with Gasteiger partial charge in [-0.3, -0.25) is 20.2 Å². The van der Waals surface area contributed by atoms with E-state index in [-0.39, 0.29) is 12.0 Å². The summed E-state index contributed by atoms with van der Waals surface area (Å²) in [6, 6.07) is 9.33. The number of anilines is 2. The fourth-order valence-corrected chi connectivity index (χ4v) is 4.17. The Labute approximate surface area is 192 Å². The Hall–Kier alpha value is -3.56. The zero-order valence-electron chi connectivity index (χ0n) is 18.6. The van der Waals surface area contributed by atoms with Crippen molar-refractivity contribution >= 4 is 17.4 Å². The number of hydrogen-bond donors (Lipinski definition) is 2. The summed E-state index contributed by atoms with van der Waals surface area (Å²) in [7, 11) is 0. The van der Waals surface area contributed by atoms with E-state index in [2.05, 4.69) is 25.3 Å². The van der Waals surface area contributed by atoms with Crippen molar-refractivity contribution in [1.82, 2.24) is 20.0 Å². The lowest BCUT2D eigenvalue weighted by Crippen LogP contribution is -2.52. The van der Waals surface area contributed by atoms with E-state index in [1.54, 1.807) is 49.7 Å². The Morgan fingerprint density at radius 1 is 1.12 bits per heavy atom. The van der Waals surface area contributed by atoms with Crippen LogP contribution >= 0.6 is 0 Å². The van der Waals surface area contributed by atoms with Crippen molar-refractivity contribution in [3.8, 4) is 11.3 Å². The molecule has 1 amide bonds. The topological polar surface area (TPSA) is 104 Å². The second-order valence-corrected chi connectivity index (χ2v) is 8.79. The van der Waals surface area contributed by atoms with E-state index in [9.17, 15) is 9.90 Å². The number of fused-ring (bicyclic) bond motifs is 1. The van der Waals surface area contributed by atoms with Gasteiger partial charge < -0.3 is 14.7 Å². The summed E-state index contributed by atoms with van der Waals surface area (Å²) in [6.45, 7) is 5.76. The highest BCUT2D eigenvalue weighted by Crippen LogP contribution is 2.31. The molecule has 2 aliphatic rings. The van der Waals surface area contributed by atoms with Crippen LogP contribution in [0.15, 0.2) is 55.1 Å². The summed E-state index contributed by atoms with van der Waals surface area (Å²) in [5.41, 5.74) is 6.37. The average Bonchev–Trinajstić information content (AvgIpc) is 3.15. The SMILES string of the molecule is CC(C)(O)C1CN(c2ccc(NN3Cc4c(ccnc4-c4ccncc4)C3=O)nc2)CCO1. The number of aromatic nitrogens is 3. The van der Waals surface area contributed by atoms with Crippen LogP contribution in [0.3, 0.4) is 0 Å². The molecule has 0 spiro atoms. The minimum absolute atomic E-state index is 0.116. The number of morpholine rings is 1. The fourth-order valence-electron chi connectivity index (χ4n) is 4.17. The smallest absolute Gasteiger partial charge is 0.273 e. The molecule has 33 heavy (non-hydrogen) atoms. The molecule has 0 aromatic carbocycles. The van der Waals surface area contributed by atoms with Gasteiger partial charge in [0.2, 0.25) is 0 Å². The second-order valence-electron chi connectivity index (χ2n) is 8.79. The molecule has 2 N–H and O–H groups in total. The Kier molecular flexibility index (Phi) is 5.43. The van der Waals surface area contributed by atoms with Gasteiger partial charge in [-0.05, 0) is 44.2 Å². The zero-order chi connectivity index (χ0) is 23.0. The minimum atomic E-state index is -0.914. The molecule has 5 heterocycles. The molecule has 0 radical (unpaired) electrons. The molecule has 5 rings (SSSR count). The third kappa shape index (κ3) is 4.24. The molecule has 9 heteroatoms. The van der Waals surface area contributed by atoms with Crippen LogP contribution in [-0.2, 0) is 11.3 Å². The highest BCUT2D eigenvalue weighted by Gasteiger charge is 2.33. The molecule has 170 valence electrons. The number of amides is 1. The van der Waals surface area contributed by atoms with E-state index in [4.69, 9.17) is 4.74 Å². The summed E-state index contributed by atoms with van der Waals surface area (Å²) in [4.78, 5) is 28.2. The van der Waals surface area contributed by atoms with Crippen LogP contribution in [0.5, 0.6) is 0 Å². The fraction of sp³-hybridized carbons (Fsp3) is 0.333. The molecule has 1 unspecified atom stereocenters. The first-order valence-electron chi connectivity index (χ1n) is 10.9. The maximum absolute atomic E-state index is 13.0. The van der Waals surface area contributed by atoms with Gasteiger partial charge in [-0.15, -0.1) is 0 Å². The largest absolute Gasteiger partial charge is 0.388 e. The first-order valence-corrected chi connectivity index (χ1v) is 10.9. The summed E-state index contributed by atoms with van der Waals surface area (Å²) in [5, 5.41) is 11.8. The van der Waals surface area contributed by atoms with Crippen molar-refractivity contribution in [3.05, 3.63) is 66.2 Å². The van der Waals surface area contributed by atoms with Crippen LogP contribution in [0.1, 0.15) is 29.8 Å². The lowest BCUT2D eigenvalue weighted by atomic mass is 10.00. The van der Waals surface area contributed by atoms with Gasteiger partial charge in [0, 0.05) is 42.8 Å². The Balaban J connectivity index is 1.30. The molecule has 1 fully saturated rings. The molecule has 3 aromatic rings. The summed E-state index contributed by atoms with van der Waals surface area (Å²) >= 11 is 0. The molecule has 9 nitrogen and oxygen atoms in total. The van der Waals surface area contributed by atoms with Crippen LogP contribution in [0, 0.1) is 0 Å². The van der Waals surface area contributed by atoms with Crippen LogP contribution < -0.4 is 10.3 Å². The third-order valence-corrected chi connectivity index (χ3v) is 6.02. The first-order chi connectivity index (χ1) is 15.9. The van der Waals surface area contributed by atoms with Crippen LogP contribution in [-0.4, -0.2) is 62.4 Å². The van der Waals surface area contributed by atoms with Gasteiger partial charge in [0.15, 0.2) is 0 Å². The first kappa shape index (κ1) is 21.3. The standard InChI is InChI=1S/C24H26N6O3/c1-24(2,32)20-15-29(11-12-33-20)17-3-4-21(27-13-17)28-30-14-19-18(23(30)31)7-10-26-22(19)16-5-8-25-9-6-16/h3-10,13,20,32H,11-12,14-15H2,1-2H3,(H,27,28). The van der Waals surface area contributed by atoms with Crippen LogP contribution in [0.2, 0.25) is 0 Å². The van der Waals surface area contributed by atoms with Crippen LogP contribution in [0.25, 0.3) is 11.3 Å². The number of pyridine rings is 3. The van der Waals surface area contributed by atoms with Crippen molar-refractivity contribution in [2.24, 2.45) is 0 Å². The number of nitrogens with zero attached hydrogens (tertiary/aromatic N) is 5. The molecule has 0 aliphatic carbocycles. The highest BCUT2D eigenvalue weighted by atomic mass is 16.5. The lowest BCUT2D eigenvalue weighted by molar-refractivity contribution is -0.0928. The van der Waals surface area contributed by atoms with E-state index >= 15 is 0 Å². The number of hydrogen-bond acceptors (Lipinski definition) is 8. The van der Waals surface area contributed by atoms with Crippen molar-refractivity contribution in [2.75, 3.05) is 30.0 Å². The molecule has 2 aliphatic heterocycles. The number of hydrazine groups is 1. The van der Waals surface area contributed by atoms with E-state index < -0.39 is 5.60 Å². The van der Waals surface area contributed by atoms with E-state index in [0.29, 0.717) is 31.1 Å². The van der Waals surface area contributed by atoms with Gasteiger partial charge >= 0.3 is 0 Å². The van der Waals surface area contributed by atoms with Gasteiger partial charge in [0.1, 0.15) is 11.9 Å². The number of ether oxygens (including phenoxy) is 1. The molecule has 3 aromatic heterocycles. The van der Waals surface area contributed by atoms with E-state index in [1.165, 1.54) is 0 Å². The van der Waals surface area contributed by atoms with Gasteiger partial charge in [-0.25, -0.2) is 9.99 Å². The molecule has 1 saturated heterocycles. The highest BCUT2D eigenvalue weighted by molar-refractivity contribution is 6.00. The second kappa shape index (κ2) is 8.42. The number of carbonyl (C=O) groups is 1. The molecule has 0 saturated carbocycles. The lowest BCUT2D eigenvalue weighted by Gasteiger charge is -2.39. The Morgan fingerprint density at radius 2 is 1.94 bits per heavy atom. The number of rotatable bonds is 5. The quantitative estimate of drug-likeness (QED) is 0.616. The van der Waals surface area contributed by atoms with Gasteiger partial charge in [0.25, 0.3) is 5.91 Å². The van der Waals surface area contributed by atoms with E-state index in [1.807, 2.05) is 24.3 Å². The molecular formula is C24H26N6O3. The zero-order valence-corrected chi connectivity index (χ0v) is 18.6. The predicted molar refractivity (Wildman–Crippen MR) is 123 cm³/mol. The maximum Gasteiger partial charge on any atom is 0.273 e. The van der Waals surface area contributed by atoms with Gasteiger partial charge in [-0.2, -0.15) is 0 Å². The number of carbonyl (C=O) groups excluding carboxylic acids is 1. The maximum atomic E-state index is 13.0. The van der Waals surface area contributed by atoms with Crippen molar-refractivity contribution in [1.29, 1.82) is 0 Å². The monoisotopic (exact) mass is 446 g/mol. The predicted octanol–water partition coefficient (Wildman–Crippen LogP) is 2.50. The number of aliphatic hydroxyl groups is 1. The van der Waals surface area contributed by atoms with Crippen molar-refractivity contribution < 1.29 is 14.6 Å². The van der Waals surface area contributed by atoms with Crippen LogP contribution in [0.4, 0.5) is 11.5 Å². The average molecular weight is 447 g/mol. The van der Waals surface area contributed by atoms with E-state index in [0.717, 1.165) is 29.1 Å². The Bertz CT molecular complexity index is 1150. The van der Waals surface area contributed by atoms with Crippen molar-refractivity contribution in [3.63, 3.8) is 0 Å².